The van der Waals surface area contributed by atoms with Gasteiger partial charge in [0, 0.05) is 24.2 Å². The van der Waals surface area contributed by atoms with Crippen molar-refractivity contribution in [1.82, 2.24) is 9.80 Å². The molecule has 9 nitrogen and oxygen atoms in total. The van der Waals surface area contributed by atoms with Crippen molar-refractivity contribution in [3.8, 4) is 11.5 Å². The Bertz CT molecular complexity index is 1290. The summed E-state index contributed by atoms with van der Waals surface area (Å²) < 4.78 is 11.2. The van der Waals surface area contributed by atoms with Crippen LogP contribution in [-0.4, -0.2) is 79.4 Å². The molecule has 36 heavy (non-hydrogen) atoms. The summed E-state index contributed by atoms with van der Waals surface area (Å²) in [5.41, 5.74) is -0.560. The number of benzene rings is 2. The molecular formula is C27H29N3O6. The monoisotopic (exact) mass is 491 g/mol. The fourth-order valence-corrected chi connectivity index (χ4v) is 5.36. The number of anilines is 1. The number of rotatable bonds is 6. The molecule has 3 heterocycles. The van der Waals surface area contributed by atoms with Gasteiger partial charge in [0.2, 0.25) is 0 Å². The number of hydrogen-bond donors (Lipinski definition) is 1. The average molecular weight is 492 g/mol. The van der Waals surface area contributed by atoms with E-state index in [0.717, 1.165) is 0 Å². The number of Topliss-reactive ketones (excluding diaryl/α,β-unsaturated/α-hetero) is 1. The number of carbonyl (C=O) groups excluding carboxylic acids is 3. The van der Waals surface area contributed by atoms with Crippen LogP contribution in [0.25, 0.3) is 5.76 Å². The maximum absolute atomic E-state index is 14.2. The molecule has 3 aliphatic rings. The molecule has 1 atom stereocenters. The third kappa shape index (κ3) is 3.37. The van der Waals surface area contributed by atoms with E-state index in [0.29, 0.717) is 55.5 Å². The highest BCUT2D eigenvalue weighted by atomic mass is 16.6. The molecule has 0 radical (unpaired) electrons. The Morgan fingerprint density at radius 2 is 1.78 bits per heavy atom. The van der Waals surface area contributed by atoms with E-state index in [1.807, 2.05) is 32.0 Å². The molecule has 0 aromatic heterocycles. The molecule has 188 valence electrons. The molecule has 2 aromatic rings. The zero-order chi connectivity index (χ0) is 25.6. The number of ether oxygens (including phenoxy) is 2. The van der Waals surface area contributed by atoms with Crippen LogP contribution in [-0.2, 0) is 19.9 Å². The van der Waals surface area contributed by atoms with Crippen LogP contribution in [0.2, 0.25) is 0 Å². The SMILES string of the molecule is CCN1C(=O)[C@]2(/C(=C(\O)c3ccc4c(c3)OCCO4)C(=O)C(=O)N2CCCN(C)C)c2ccccc21. The van der Waals surface area contributed by atoms with E-state index in [9.17, 15) is 19.5 Å². The number of carbonyl (C=O) groups is 3. The molecule has 2 amide bonds. The molecule has 0 saturated carbocycles. The summed E-state index contributed by atoms with van der Waals surface area (Å²) in [5, 5.41) is 11.6. The molecule has 1 fully saturated rings. The maximum Gasteiger partial charge on any atom is 0.296 e. The molecule has 1 N–H and O–H groups in total. The average Bonchev–Trinajstić information content (AvgIpc) is 3.26. The van der Waals surface area contributed by atoms with Gasteiger partial charge in [-0.1, -0.05) is 18.2 Å². The summed E-state index contributed by atoms with van der Waals surface area (Å²) in [5.74, 6) is -1.57. The predicted molar refractivity (Wildman–Crippen MR) is 133 cm³/mol. The number of aliphatic hydroxyl groups is 1. The van der Waals surface area contributed by atoms with Crippen LogP contribution in [0.1, 0.15) is 24.5 Å². The number of likely N-dealkylation sites (N-methyl/N-ethyl adjacent to an activating group) is 1. The zero-order valence-electron chi connectivity index (χ0n) is 20.6. The Morgan fingerprint density at radius 3 is 2.50 bits per heavy atom. The van der Waals surface area contributed by atoms with Crippen LogP contribution in [0.15, 0.2) is 48.0 Å². The first-order valence-electron chi connectivity index (χ1n) is 12.1. The molecule has 9 heteroatoms. The molecule has 2 aromatic carbocycles. The van der Waals surface area contributed by atoms with E-state index in [1.54, 1.807) is 41.3 Å². The van der Waals surface area contributed by atoms with E-state index in [4.69, 9.17) is 9.47 Å². The summed E-state index contributed by atoms with van der Waals surface area (Å²) in [7, 11) is 3.83. The van der Waals surface area contributed by atoms with Gasteiger partial charge >= 0.3 is 0 Å². The van der Waals surface area contributed by atoms with Gasteiger partial charge in [0.15, 0.2) is 17.0 Å². The van der Waals surface area contributed by atoms with E-state index in [2.05, 4.69) is 0 Å². The standard InChI is InChI=1S/C27H29N3O6/c1-4-29-19-9-6-5-8-18(19)27(26(29)34)22(24(32)25(33)30(27)13-7-12-28(2)3)23(31)17-10-11-20-21(16-17)36-15-14-35-20/h5-6,8-11,16,31H,4,7,12-15H2,1-3H3/b23-22-/t27-/m1/s1. The molecule has 5 rings (SSSR count). The van der Waals surface area contributed by atoms with Crippen molar-refractivity contribution in [3.63, 3.8) is 0 Å². The molecule has 0 bridgehead atoms. The van der Waals surface area contributed by atoms with E-state index in [-0.39, 0.29) is 17.7 Å². The lowest BCUT2D eigenvalue weighted by atomic mass is 9.81. The van der Waals surface area contributed by atoms with Crippen molar-refractivity contribution in [2.45, 2.75) is 18.9 Å². The van der Waals surface area contributed by atoms with Crippen LogP contribution in [0.3, 0.4) is 0 Å². The van der Waals surface area contributed by atoms with Crippen molar-refractivity contribution in [3.05, 3.63) is 59.2 Å². The molecule has 1 saturated heterocycles. The Hall–Kier alpha value is -3.85. The number of ketones is 1. The van der Waals surface area contributed by atoms with Crippen molar-refractivity contribution < 1.29 is 29.0 Å². The minimum Gasteiger partial charge on any atom is -0.507 e. The van der Waals surface area contributed by atoms with E-state index < -0.39 is 28.9 Å². The summed E-state index contributed by atoms with van der Waals surface area (Å²) in [6.07, 6.45) is 0.549. The van der Waals surface area contributed by atoms with Gasteiger partial charge in [-0.25, -0.2) is 0 Å². The summed E-state index contributed by atoms with van der Waals surface area (Å²) in [6, 6.07) is 12.0. The highest BCUT2D eigenvalue weighted by molar-refractivity contribution is 6.50. The lowest BCUT2D eigenvalue weighted by molar-refractivity contribution is -0.143. The van der Waals surface area contributed by atoms with Crippen LogP contribution < -0.4 is 14.4 Å². The normalized spacial score (nSPS) is 22.2. The topological polar surface area (TPSA) is 99.6 Å². The fraction of sp³-hybridized carbons (Fsp3) is 0.370. The quantitative estimate of drug-likeness (QED) is 0.376. The first-order valence-corrected chi connectivity index (χ1v) is 12.1. The van der Waals surface area contributed by atoms with E-state index in [1.165, 1.54) is 4.90 Å². The maximum atomic E-state index is 14.2. The Balaban J connectivity index is 1.74. The molecule has 0 unspecified atom stereocenters. The van der Waals surface area contributed by atoms with E-state index >= 15 is 0 Å². The highest BCUT2D eigenvalue weighted by Crippen LogP contribution is 2.53. The third-order valence-electron chi connectivity index (χ3n) is 6.93. The second kappa shape index (κ2) is 8.98. The number of para-hydroxylation sites is 1. The minimum absolute atomic E-state index is 0.179. The van der Waals surface area contributed by atoms with Gasteiger partial charge in [0.1, 0.15) is 19.0 Å². The lowest BCUT2D eigenvalue weighted by Crippen LogP contribution is -2.52. The fourth-order valence-electron chi connectivity index (χ4n) is 5.36. The van der Waals surface area contributed by atoms with Crippen molar-refractivity contribution in [2.75, 3.05) is 51.8 Å². The van der Waals surface area contributed by atoms with Crippen LogP contribution in [0, 0.1) is 0 Å². The molecular weight excluding hydrogens is 462 g/mol. The van der Waals surface area contributed by atoms with Crippen LogP contribution >= 0.6 is 0 Å². The smallest absolute Gasteiger partial charge is 0.296 e. The Kier molecular flexibility index (Phi) is 5.96. The Labute approximate surface area is 209 Å². The number of amides is 2. The number of fused-ring (bicyclic) bond motifs is 3. The van der Waals surface area contributed by atoms with Gasteiger partial charge < -0.3 is 29.3 Å². The summed E-state index contributed by atoms with van der Waals surface area (Å²) in [6.45, 7) is 3.80. The van der Waals surface area contributed by atoms with Crippen LogP contribution in [0.4, 0.5) is 5.69 Å². The van der Waals surface area contributed by atoms with Crippen molar-refractivity contribution >= 4 is 29.0 Å². The third-order valence-corrected chi connectivity index (χ3v) is 6.93. The molecule has 0 aliphatic carbocycles. The van der Waals surface area contributed by atoms with Gasteiger partial charge in [-0.2, -0.15) is 0 Å². The van der Waals surface area contributed by atoms with Gasteiger partial charge in [-0.3, -0.25) is 14.4 Å². The summed E-state index contributed by atoms with van der Waals surface area (Å²) in [4.78, 5) is 46.1. The van der Waals surface area contributed by atoms with Crippen molar-refractivity contribution in [2.24, 2.45) is 0 Å². The first kappa shape index (κ1) is 23.9. The summed E-state index contributed by atoms with van der Waals surface area (Å²) >= 11 is 0. The number of aliphatic hydroxyl groups excluding tert-OH is 1. The largest absolute Gasteiger partial charge is 0.507 e. The minimum atomic E-state index is -1.75. The number of nitrogens with zero attached hydrogens (tertiary/aromatic N) is 3. The van der Waals surface area contributed by atoms with Gasteiger partial charge in [0.05, 0.1) is 11.3 Å². The predicted octanol–water partition coefficient (Wildman–Crippen LogP) is 2.35. The van der Waals surface area contributed by atoms with Gasteiger partial charge in [-0.05, 0) is 58.3 Å². The zero-order valence-corrected chi connectivity index (χ0v) is 20.6. The van der Waals surface area contributed by atoms with Crippen LogP contribution in [0.5, 0.6) is 11.5 Å². The number of likely N-dealkylation sites (tertiary alicyclic amines) is 1. The van der Waals surface area contributed by atoms with Gasteiger partial charge in [0.25, 0.3) is 17.6 Å². The number of hydrogen-bond acceptors (Lipinski definition) is 7. The second-order valence-corrected chi connectivity index (χ2v) is 9.30. The van der Waals surface area contributed by atoms with Crippen molar-refractivity contribution in [1.29, 1.82) is 0 Å². The highest BCUT2D eigenvalue weighted by Gasteiger charge is 2.66. The first-order chi connectivity index (χ1) is 17.3. The van der Waals surface area contributed by atoms with Gasteiger partial charge in [-0.15, -0.1) is 0 Å². The second-order valence-electron chi connectivity index (χ2n) is 9.30. The molecule has 3 aliphatic heterocycles. The lowest BCUT2D eigenvalue weighted by Gasteiger charge is -2.34. The Morgan fingerprint density at radius 1 is 1.06 bits per heavy atom. The molecule has 1 spiro atoms.